The van der Waals surface area contributed by atoms with Gasteiger partial charge in [-0.05, 0) is 37.0 Å². The van der Waals surface area contributed by atoms with Gasteiger partial charge in [0.2, 0.25) is 5.91 Å². The van der Waals surface area contributed by atoms with Crippen LogP contribution in [0.25, 0.3) is 10.9 Å². The molecule has 2 fully saturated rings. The van der Waals surface area contributed by atoms with Crippen LogP contribution in [0.2, 0.25) is 5.02 Å². The van der Waals surface area contributed by atoms with Gasteiger partial charge < -0.3 is 26.0 Å². The zero-order valence-corrected chi connectivity index (χ0v) is 20.5. The van der Waals surface area contributed by atoms with Crippen molar-refractivity contribution in [2.75, 3.05) is 11.9 Å². The second-order valence-corrected chi connectivity index (χ2v) is 9.52. The third kappa shape index (κ3) is 4.72. The molecule has 1 aliphatic heterocycles. The third-order valence-corrected chi connectivity index (χ3v) is 7.04. The Morgan fingerprint density at radius 1 is 1.24 bits per heavy atom. The van der Waals surface area contributed by atoms with Crippen molar-refractivity contribution in [1.82, 2.24) is 14.8 Å². The number of piperidine rings is 1. The molecule has 11 heteroatoms. The van der Waals surface area contributed by atoms with Crippen LogP contribution in [0, 0.1) is 11.7 Å². The topological polar surface area (TPSA) is 119 Å². The first kappa shape index (κ1) is 24.6. The molecule has 0 radical (unpaired) electrons. The number of amides is 4. The number of hydrogen-bond donors (Lipinski definition) is 3. The summed E-state index contributed by atoms with van der Waals surface area (Å²) in [5.74, 6) is -0.206. The fourth-order valence-corrected chi connectivity index (χ4v) is 5.08. The summed E-state index contributed by atoms with van der Waals surface area (Å²) in [4.78, 5) is 39.9. The number of nitrogens with zero attached hydrogens (tertiary/aromatic N) is 2. The zero-order chi connectivity index (χ0) is 26.3. The minimum Gasteiger partial charge on any atom is -0.489 e. The standard InChI is InChI=1S/C26H25ClFN5O4/c1-2-8-37-16-6-7-17-19(13-32(25(29)35)21(17)11-16)31-26(36)33-20-9-15(20)10-22(33)24(34)30-12-14-4-3-5-18(27)23(14)28/h2-7,11,13,15,20,22H,1,8-10,12H2,(H2,29,35)(H,30,34)(H,31,36)/t15-,20-,22+/m1/s1. The molecule has 4 amide bonds. The molecule has 1 saturated heterocycles. The number of benzene rings is 2. The summed E-state index contributed by atoms with van der Waals surface area (Å²) in [6.07, 6.45) is 4.38. The summed E-state index contributed by atoms with van der Waals surface area (Å²) in [7, 11) is 0. The van der Waals surface area contributed by atoms with E-state index in [0.717, 1.165) is 6.42 Å². The summed E-state index contributed by atoms with van der Waals surface area (Å²) in [6.45, 7) is 3.86. The Hall–Kier alpha value is -4.05. The quantitative estimate of drug-likeness (QED) is 0.400. The lowest BCUT2D eigenvalue weighted by molar-refractivity contribution is -0.125. The largest absolute Gasteiger partial charge is 0.489 e. The molecule has 9 nitrogen and oxygen atoms in total. The normalized spacial score (nSPS) is 19.8. The lowest BCUT2D eigenvalue weighted by atomic mass is 10.1. The van der Waals surface area contributed by atoms with Crippen molar-refractivity contribution in [1.29, 1.82) is 0 Å². The lowest BCUT2D eigenvalue weighted by Gasteiger charge is -2.27. The molecule has 4 N–H and O–H groups in total. The number of likely N-dealkylation sites (tertiary alicyclic amines) is 1. The first-order chi connectivity index (χ1) is 17.8. The van der Waals surface area contributed by atoms with Gasteiger partial charge in [-0.15, -0.1) is 0 Å². The summed E-state index contributed by atoms with van der Waals surface area (Å²) >= 11 is 5.83. The Kier molecular flexibility index (Phi) is 6.51. The van der Waals surface area contributed by atoms with Crippen LogP contribution in [-0.2, 0) is 11.3 Å². The number of ether oxygens (including phenoxy) is 1. The van der Waals surface area contributed by atoms with Gasteiger partial charge in [0.05, 0.1) is 16.2 Å². The number of anilines is 1. The van der Waals surface area contributed by atoms with E-state index < -0.39 is 23.9 Å². The lowest BCUT2D eigenvalue weighted by Crippen LogP contribution is -2.49. The molecule has 0 bridgehead atoms. The number of halogens is 2. The van der Waals surface area contributed by atoms with Crippen molar-refractivity contribution in [3.05, 3.63) is 71.7 Å². The molecule has 3 atom stereocenters. The maximum Gasteiger partial charge on any atom is 0.323 e. The number of carbonyl (C=O) groups is 3. The summed E-state index contributed by atoms with van der Waals surface area (Å²) < 4.78 is 21.0. The van der Waals surface area contributed by atoms with Crippen LogP contribution in [0.4, 0.5) is 19.7 Å². The van der Waals surface area contributed by atoms with E-state index in [4.69, 9.17) is 22.1 Å². The van der Waals surface area contributed by atoms with Gasteiger partial charge in [-0.25, -0.2) is 14.0 Å². The van der Waals surface area contributed by atoms with Crippen LogP contribution in [-0.4, -0.2) is 46.1 Å². The van der Waals surface area contributed by atoms with E-state index >= 15 is 0 Å². The molecule has 5 rings (SSSR count). The minimum atomic E-state index is -0.722. The van der Waals surface area contributed by atoms with Crippen molar-refractivity contribution < 1.29 is 23.5 Å². The molecule has 3 aromatic rings. The van der Waals surface area contributed by atoms with Gasteiger partial charge in [-0.1, -0.05) is 36.4 Å². The fraction of sp³-hybridized carbons (Fsp3) is 0.269. The second kappa shape index (κ2) is 9.78. The molecule has 1 aromatic heterocycles. The van der Waals surface area contributed by atoms with E-state index in [0.29, 0.717) is 28.8 Å². The van der Waals surface area contributed by atoms with Gasteiger partial charge in [0.1, 0.15) is 24.2 Å². The number of nitrogens with two attached hydrogens (primary N) is 1. The molecule has 2 heterocycles. The number of primary amides is 1. The molecular weight excluding hydrogens is 501 g/mol. The van der Waals surface area contributed by atoms with Gasteiger partial charge in [0.15, 0.2) is 0 Å². The molecule has 2 aliphatic rings. The summed E-state index contributed by atoms with van der Waals surface area (Å²) in [6, 6.07) is 7.72. The van der Waals surface area contributed by atoms with Gasteiger partial charge in [-0.2, -0.15) is 0 Å². The minimum absolute atomic E-state index is 0.0237. The van der Waals surface area contributed by atoms with E-state index in [1.54, 1.807) is 36.4 Å². The SMILES string of the molecule is C=CCOc1ccc2c(NC(=O)N3[C@@H]4C[C@@H]4C[C@H]3C(=O)NCc3cccc(Cl)c3F)cn(C(N)=O)c2c1. The molecule has 2 aromatic carbocycles. The van der Waals surface area contributed by atoms with Gasteiger partial charge in [0, 0.05) is 35.8 Å². The van der Waals surface area contributed by atoms with E-state index in [9.17, 15) is 18.8 Å². The molecule has 0 unspecified atom stereocenters. The highest BCUT2D eigenvalue weighted by Gasteiger charge is 2.56. The molecule has 192 valence electrons. The maximum absolute atomic E-state index is 14.2. The number of urea groups is 1. The summed E-state index contributed by atoms with van der Waals surface area (Å²) in [5, 5.41) is 6.13. The smallest absolute Gasteiger partial charge is 0.323 e. The Morgan fingerprint density at radius 2 is 2.05 bits per heavy atom. The van der Waals surface area contributed by atoms with Gasteiger partial charge in [0.25, 0.3) is 0 Å². The highest BCUT2D eigenvalue weighted by molar-refractivity contribution is 6.30. The van der Waals surface area contributed by atoms with Gasteiger partial charge >= 0.3 is 12.1 Å². The average Bonchev–Trinajstić information content (AvgIpc) is 3.39. The Balaban J connectivity index is 1.33. The molecular formula is C26H25ClFN5O4. The fourth-order valence-electron chi connectivity index (χ4n) is 4.88. The highest BCUT2D eigenvalue weighted by Crippen LogP contribution is 2.48. The van der Waals surface area contributed by atoms with Crippen LogP contribution in [0.15, 0.2) is 55.3 Å². The van der Waals surface area contributed by atoms with Crippen molar-refractivity contribution in [2.45, 2.75) is 31.5 Å². The number of fused-ring (bicyclic) bond motifs is 2. The highest BCUT2D eigenvalue weighted by atomic mass is 35.5. The van der Waals surface area contributed by atoms with Crippen LogP contribution >= 0.6 is 11.6 Å². The van der Waals surface area contributed by atoms with E-state index in [2.05, 4.69) is 17.2 Å². The maximum atomic E-state index is 14.2. The number of carbonyl (C=O) groups excluding carboxylic acids is 3. The van der Waals surface area contributed by atoms with E-state index in [-0.39, 0.29) is 41.6 Å². The van der Waals surface area contributed by atoms with Crippen molar-refractivity contribution in [3.63, 3.8) is 0 Å². The number of nitrogens with one attached hydrogen (secondary N) is 2. The van der Waals surface area contributed by atoms with Crippen molar-refractivity contribution in [2.24, 2.45) is 11.7 Å². The van der Waals surface area contributed by atoms with Crippen molar-refractivity contribution >= 4 is 46.2 Å². The predicted octanol–water partition coefficient (Wildman–Crippen LogP) is 4.24. The number of rotatable bonds is 7. The molecule has 1 aliphatic carbocycles. The Bertz CT molecular complexity index is 1420. The summed E-state index contributed by atoms with van der Waals surface area (Å²) in [5.41, 5.74) is 6.64. The van der Waals surface area contributed by atoms with Crippen LogP contribution in [0.1, 0.15) is 18.4 Å². The van der Waals surface area contributed by atoms with Crippen LogP contribution in [0.3, 0.4) is 0 Å². The molecule has 0 spiro atoms. The molecule has 1 saturated carbocycles. The van der Waals surface area contributed by atoms with E-state index in [1.165, 1.54) is 21.7 Å². The second-order valence-electron chi connectivity index (χ2n) is 9.11. The molecule has 37 heavy (non-hydrogen) atoms. The first-order valence-electron chi connectivity index (χ1n) is 11.8. The Labute approximate surface area is 217 Å². The van der Waals surface area contributed by atoms with Gasteiger partial charge in [-0.3, -0.25) is 9.36 Å². The monoisotopic (exact) mass is 525 g/mol. The number of aromatic nitrogens is 1. The van der Waals surface area contributed by atoms with Crippen LogP contribution in [0.5, 0.6) is 5.75 Å². The number of hydrogen-bond acceptors (Lipinski definition) is 4. The van der Waals surface area contributed by atoms with Crippen molar-refractivity contribution in [3.8, 4) is 5.75 Å². The average molecular weight is 526 g/mol. The third-order valence-electron chi connectivity index (χ3n) is 6.75. The zero-order valence-electron chi connectivity index (χ0n) is 19.7. The predicted molar refractivity (Wildman–Crippen MR) is 137 cm³/mol. The Morgan fingerprint density at radius 3 is 2.81 bits per heavy atom. The van der Waals surface area contributed by atoms with Crippen LogP contribution < -0.4 is 21.1 Å². The van der Waals surface area contributed by atoms with E-state index in [1.807, 2.05) is 0 Å². The first-order valence-corrected chi connectivity index (χ1v) is 12.1.